The molecule has 0 saturated heterocycles. The van der Waals surface area contributed by atoms with Crippen LogP contribution in [0.2, 0.25) is 0 Å². The zero-order chi connectivity index (χ0) is 17.5. The van der Waals surface area contributed by atoms with E-state index in [0.717, 1.165) is 10.2 Å². The quantitative estimate of drug-likeness (QED) is 0.597. The van der Waals surface area contributed by atoms with Gasteiger partial charge in [0.15, 0.2) is 0 Å². The third-order valence-corrected chi connectivity index (χ3v) is 4.93. The number of guanidine groups is 1. The maximum Gasteiger partial charge on any atom is 0.306 e. The lowest BCUT2D eigenvalue weighted by Crippen LogP contribution is -2.96. The third-order valence-electron chi connectivity index (χ3n) is 4.40. The van der Waals surface area contributed by atoms with Crippen LogP contribution in [0.25, 0.3) is 0 Å². The van der Waals surface area contributed by atoms with Crippen molar-refractivity contribution in [3.05, 3.63) is 64.6 Å². The summed E-state index contributed by atoms with van der Waals surface area (Å²) in [5.74, 6) is 0.520. The second-order valence-corrected chi connectivity index (χ2v) is 7.27. The van der Waals surface area contributed by atoms with Gasteiger partial charge in [-0.15, -0.1) is 0 Å². The summed E-state index contributed by atoms with van der Waals surface area (Å²) in [7, 11) is 0. The summed E-state index contributed by atoms with van der Waals surface area (Å²) in [5, 5.41) is 5.11. The first-order chi connectivity index (χ1) is 12.2. The Morgan fingerprint density at radius 1 is 1.00 bits per heavy atom. The van der Waals surface area contributed by atoms with E-state index >= 15 is 0 Å². The summed E-state index contributed by atoms with van der Waals surface area (Å²) in [4.78, 5) is 17.2. The molecule has 2 aromatic carbocycles. The Balaban J connectivity index is 1.77. The molecule has 0 unspecified atom stereocenters. The molecule has 0 atom stereocenters. The van der Waals surface area contributed by atoms with Gasteiger partial charge >= 0.3 is 5.96 Å². The number of amides is 1. The van der Waals surface area contributed by atoms with Crippen LogP contribution < -0.4 is 10.6 Å². The Hall–Kier alpha value is -1.98. The summed E-state index contributed by atoms with van der Waals surface area (Å²) in [6, 6.07) is 17.5. The number of hydrogen-bond acceptors (Lipinski definition) is 2. The minimum Gasteiger partial charge on any atom is -0.279 e. The number of aliphatic imine (C=N–C) groups is 1. The van der Waals surface area contributed by atoms with Crippen LogP contribution in [0.5, 0.6) is 0 Å². The molecule has 25 heavy (non-hydrogen) atoms. The second kappa shape index (κ2) is 8.92. The van der Waals surface area contributed by atoms with E-state index in [1.807, 2.05) is 54.6 Å². The minimum absolute atomic E-state index is 0.122. The van der Waals surface area contributed by atoms with E-state index in [1.165, 1.54) is 32.1 Å². The van der Waals surface area contributed by atoms with Gasteiger partial charge in [-0.05, 0) is 62.1 Å². The number of nitrogens with one attached hydrogen (secondary N) is 1. The number of nitrogens with zero attached hydrogens (tertiary/aromatic N) is 1. The molecule has 1 aliphatic rings. The molecule has 3 rings (SSSR count). The number of hydrogen-bond donors (Lipinski definition) is 2. The maximum absolute atomic E-state index is 12.5. The van der Waals surface area contributed by atoms with Gasteiger partial charge in [-0.1, -0.05) is 40.5 Å². The molecule has 0 heterocycles. The number of carbonyl (C=O) groups is 1. The highest BCUT2D eigenvalue weighted by Crippen LogP contribution is 2.17. The number of halogens is 1. The van der Waals surface area contributed by atoms with Crippen molar-refractivity contribution in [2.75, 3.05) is 0 Å². The lowest BCUT2D eigenvalue weighted by atomic mass is 9.96. The molecular formula is C20H23BrN3O+. The predicted molar refractivity (Wildman–Crippen MR) is 104 cm³/mol. The second-order valence-electron chi connectivity index (χ2n) is 6.36. The third kappa shape index (κ3) is 5.51. The summed E-state index contributed by atoms with van der Waals surface area (Å²) in [5.41, 5.74) is 1.47. The van der Waals surface area contributed by atoms with Crippen molar-refractivity contribution in [1.82, 2.24) is 5.32 Å². The average Bonchev–Trinajstić information content (AvgIpc) is 2.65. The van der Waals surface area contributed by atoms with Gasteiger partial charge in [-0.2, -0.15) is 4.99 Å². The fourth-order valence-electron chi connectivity index (χ4n) is 3.06. The Morgan fingerprint density at radius 3 is 2.36 bits per heavy atom. The van der Waals surface area contributed by atoms with Crippen molar-refractivity contribution in [3.63, 3.8) is 0 Å². The normalized spacial score (nSPS) is 15.8. The SMILES string of the molecule is O=C(NC(=Nc1ccc(Br)cc1)[NH2+]C1CCCCC1)c1ccccc1. The van der Waals surface area contributed by atoms with E-state index < -0.39 is 0 Å². The fraction of sp³-hybridized carbons (Fsp3) is 0.300. The van der Waals surface area contributed by atoms with Crippen LogP contribution in [0.3, 0.4) is 0 Å². The molecular weight excluding hydrogens is 378 g/mol. The number of benzene rings is 2. The van der Waals surface area contributed by atoms with Gasteiger partial charge in [0.05, 0.1) is 11.7 Å². The van der Waals surface area contributed by atoms with Crippen molar-refractivity contribution < 1.29 is 10.1 Å². The molecule has 0 aromatic heterocycles. The van der Waals surface area contributed by atoms with Crippen LogP contribution in [0.15, 0.2) is 64.1 Å². The van der Waals surface area contributed by atoms with Gasteiger partial charge in [0, 0.05) is 10.0 Å². The van der Waals surface area contributed by atoms with Crippen molar-refractivity contribution in [1.29, 1.82) is 0 Å². The molecule has 0 aliphatic heterocycles. The lowest BCUT2D eigenvalue weighted by Gasteiger charge is -2.20. The highest BCUT2D eigenvalue weighted by Gasteiger charge is 2.21. The van der Waals surface area contributed by atoms with Gasteiger partial charge in [-0.25, -0.2) is 0 Å². The molecule has 5 heteroatoms. The van der Waals surface area contributed by atoms with Crippen molar-refractivity contribution in [3.8, 4) is 0 Å². The number of rotatable bonds is 3. The molecule has 1 fully saturated rings. The molecule has 130 valence electrons. The average molecular weight is 401 g/mol. The number of nitrogens with two attached hydrogens (primary N) is 1. The molecule has 1 amide bonds. The number of carbonyl (C=O) groups excluding carboxylic acids is 1. The molecule has 0 bridgehead atoms. The predicted octanol–water partition coefficient (Wildman–Crippen LogP) is 3.76. The highest BCUT2D eigenvalue weighted by molar-refractivity contribution is 9.10. The van der Waals surface area contributed by atoms with Crippen molar-refractivity contribution in [2.45, 2.75) is 38.1 Å². The van der Waals surface area contributed by atoms with E-state index in [2.05, 4.69) is 31.6 Å². The summed E-state index contributed by atoms with van der Waals surface area (Å²) in [6.07, 6.45) is 6.14. The largest absolute Gasteiger partial charge is 0.306 e. The lowest BCUT2D eigenvalue weighted by molar-refractivity contribution is -0.587. The van der Waals surface area contributed by atoms with Crippen LogP contribution in [0, 0.1) is 0 Å². The van der Waals surface area contributed by atoms with Crippen LogP contribution in [-0.2, 0) is 0 Å². The molecule has 3 N–H and O–H groups in total. The standard InChI is InChI=1S/C20H22BrN3O/c21-16-11-13-18(14-12-16)23-20(22-17-9-5-2-6-10-17)24-19(25)15-7-3-1-4-8-15/h1,3-4,7-8,11-14,17H,2,5-6,9-10H2,(H2,22,23,24,25)/p+1. The van der Waals surface area contributed by atoms with Crippen LogP contribution >= 0.6 is 15.9 Å². The Kier molecular flexibility index (Phi) is 6.36. The Labute approximate surface area is 156 Å². The zero-order valence-electron chi connectivity index (χ0n) is 14.1. The van der Waals surface area contributed by atoms with E-state index in [-0.39, 0.29) is 5.91 Å². The van der Waals surface area contributed by atoms with Crippen molar-refractivity contribution in [2.24, 2.45) is 4.99 Å². The van der Waals surface area contributed by atoms with Gasteiger partial charge in [0.1, 0.15) is 0 Å². The first kappa shape index (κ1) is 17.8. The van der Waals surface area contributed by atoms with E-state index in [1.54, 1.807) is 0 Å². The van der Waals surface area contributed by atoms with E-state index in [4.69, 9.17) is 0 Å². The first-order valence-corrected chi connectivity index (χ1v) is 9.55. The summed E-state index contributed by atoms with van der Waals surface area (Å²) in [6.45, 7) is 0. The first-order valence-electron chi connectivity index (χ1n) is 8.76. The minimum atomic E-state index is -0.122. The molecule has 4 nitrogen and oxygen atoms in total. The molecule has 0 spiro atoms. The van der Waals surface area contributed by atoms with Gasteiger partial charge in [0.2, 0.25) is 0 Å². The molecule has 2 aromatic rings. The monoisotopic (exact) mass is 400 g/mol. The topological polar surface area (TPSA) is 58.1 Å². The Bertz CT molecular complexity index is 722. The van der Waals surface area contributed by atoms with E-state index in [9.17, 15) is 4.79 Å². The van der Waals surface area contributed by atoms with Gasteiger partial charge in [0.25, 0.3) is 5.91 Å². The highest BCUT2D eigenvalue weighted by atomic mass is 79.9. The fourth-order valence-corrected chi connectivity index (χ4v) is 3.33. The van der Waals surface area contributed by atoms with Crippen LogP contribution in [0.4, 0.5) is 5.69 Å². The zero-order valence-corrected chi connectivity index (χ0v) is 15.7. The number of quaternary nitrogens is 1. The Morgan fingerprint density at radius 2 is 1.68 bits per heavy atom. The van der Waals surface area contributed by atoms with Crippen LogP contribution in [0.1, 0.15) is 42.5 Å². The molecule has 1 aliphatic carbocycles. The van der Waals surface area contributed by atoms with Crippen LogP contribution in [-0.4, -0.2) is 17.9 Å². The smallest absolute Gasteiger partial charge is 0.279 e. The van der Waals surface area contributed by atoms with Gasteiger partial charge < -0.3 is 0 Å². The van der Waals surface area contributed by atoms with E-state index in [0.29, 0.717) is 17.6 Å². The summed E-state index contributed by atoms with van der Waals surface area (Å²) < 4.78 is 1.01. The van der Waals surface area contributed by atoms with Gasteiger partial charge in [-0.3, -0.25) is 15.4 Å². The molecule has 0 radical (unpaired) electrons. The summed E-state index contributed by atoms with van der Waals surface area (Å²) >= 11 is 3.44. The maximum atomic E-state index is 12.5. The van der Waals surface area contributed by atoms with Crippen molar-refractivity contribution >= 4 is 33.5 Å². The molecule has 1 saturated carbocycles.